The Morgan fingerprint density at radius 1 is 1.39 bits per heavy atom. The SMILES string of the molecule is O=[N+]([O-])c1cccc(-c2nn(C[NH+]3CCc4sccc4[C@@H]3C3CC3)c(=S)o2)c1. The number of aromatic nitrogens is 2. The van der Waals surface area contributed by atoms with Crippen LogP contribution in [-0.2, 0) is 13.1 Å². The molecule has 3 aromatic rings. The van der Waals surface area contributed by atoms with Crippen LogP contribution in [0.4, 0.5) is 5.69 Å². The van der Waals surface area contributed by atoms with E-state index in [1.807, 2.05) is 11.3 Å². The average Bonchev–Trinajstić information content (AvgIpc) is 3.30. The molecule has 144 valence electrons. The second-order valence-electron chi connectivity index (χ2n) is 7.41. The molecule has 2 aromatic heterocycles. The van der Waals surface area contributed by atoms with E-state index in [0.29, 0.717) is 29.0 Å². The largest absolute Gasteiger partial charge is 0.409 e. The van der Waals surface area contributed by atoms with Gasteiger partial charge in [-0.15, -0.1) is 16.4 Å². The average molecular weight is 416 g/mol. The van der Waals surface area contributed by atoms with Crippen molar-refractivity contribution in [1.29, 1.82) is 0 Å². The van der Waals surface area contributed by atoms with Crippen molar-refractivity contribution in [2.45, 2.75) is 32.0 Å². The smallest absolute Gasteiger partial charge is 0.292 e. The van der Waals surface area contributed by atoms with Gasteiger partial charge in [0, 0.05) is 40.5 Å². The number of nitro groups is 1. The van der Waals surface area contributed by atoms with Crippen LogP contribution < -0.4 is 4.90 Å². The van der Waals surface area contributed by atoms with E-state index in [4.69, 9.17) is 16.6 Å². The fourth-order valence-electron chi connectivity index (χ4n) is 4.14. The summed E-state index contributed by atoms with van der Waals surface area (Å²) in [5.41, 5.74) is 2.06. The predicted octanol–water partition coefficient (Wildman–Crippen LogP) is 3.39. The van der Waals surface area contributed by atoms with E-state index in [9.17, 15) is 10.1 Å². The van der Waals surface area contributed by atoms with Gasteiger partial charge >= 0.3 is 0 Å². The molecule has 28 heavy (non-hydrogen) atoms. The first kappa shape index (κ1) is 17.7. The molecule has 1 aliphatic heterocycles. The highest BCUT2D eigenvalue weighted by molar-refractivity contribution is 7.71. The van der Waals surface area contributed by atoms with Crippen LogP contribution in [0.25, 0.3) is 11.5 Å². The molecule has 9 heteroatoms. The van der Waals surface area contributed by atoms with E-state index in [2.05, 4.69) is 16.5 Å². The van der Waals surface area contributed by atoms with Crippen LogP contribution in [0.15, 0.2) is 40.1 Å². The Kier molecular flexibility index (Phi) is 4.37. The lowest BCUT2D eigenvalue weighted by molar-refractivity contribution is -0.958. The Balaban J connectivity index is 1.43. The normalized spacial score (nSPS) is 21.4. The lowest BCUT2D eigenvalue weighted by atomic mass is 9.96. The minimum absolute atomic E-state index is 0.00797. The zero-order valence-corrected chi connectivity index (χ0v) is 16.7. The first-order valence-electron chi connectivity index (χ1n) is 9.34. The zero-order valence-electron chi connectivity index (χ0n) is 15.0. The van der Waals surface area contributed by atoms with Crippen molar-refractivity contribution in [2.24, 2.45) is 5.92 Å². The maximum Gasteiger partial charge on any atom is 0.292 e. The number of benzene rings is 1. The van der Waals surface area contributed by atoms with Crippen LogP contribution in [-0.4, -0.2) is 21.2 Å². The van der Waals surface area contributed by atoms with Gasteiger partial charge in [0.1, 0.15) is 6.04 Å². The highest BCUT2D eigenvalue weighted by Crippen LogP contribution is 2.42. The number of nitrogens with one attached hydrogen (secondary N) is 1. The fraction of sp³-hybridized carbons (Fsp3) is 0.368. The minimum atomic E-state index is -0.425. The Morgan fingerprint density at radius 2 is 2.25 bits per heavy atom. The number of rotatable bonds is 5. The number of thiophene rings is 1. The van der Waals surface area contributed by atoms with Crippen molar-refractivity contribution in [2.75, 3.05) is 6.54 Å². The van der Waals surface area contributed by atoms with Gasteiger partial charge in [-0.05, 0) is 42.6 Å². The van der Waals surface area contributed by atoms with E-state index in [1.54, 1.807) is 16.8 Å². The van der Waals surface area contributed by atoms with Crippen molar-refractivity contribution in [3.8, 4) is 11.5 Å². The second kappa shape index (κ2) is 6.91. The monoisotopic (exact) mass is 415 g/mol. The Labute approximate surface area is 170 Å². The van der Waals surface area contributed by atoms with Gasteiger partial charge in [0.2, 0.25) is 5.89 Å². The summed E-state index contributed by atoms with van der Waals surface area (Å²) in [6.07, 6.45) is 3.65. The van der Waals surface area contributed by atoms with Crippen LogP contribution >= 0.6 is 23.6 Å². The minimum Gasteiger partial charge on any atom is -0.409 e. The summed E-state index contributed by atoms with van der Waals surface area (Å²) in [5.74, 6) is 1.06. The van der Waals surface area contributed by atoms with Gasteiger partial charge in [-0.3, -0.25) is 10.1 Å². The van der Waals surface area contributed by atoms with E-state index in [1.165, 1.54) is 40.3 Å². The second-order valence-corrected chi connectivity index (χ2v) is 8.76. The molecule has 0 amide bonds. The molecule has 2 aliphatic rings. The van der Waals surface area contributed by atoms with E-state index >= 15 is 0 Å². The fourth-order valence-corrected chi connectivity index (χ4v) is 5.26. The Morgan fingerprint density at radius 3 is 3.04 bits per heavy atom. The van der Waals surface area contributed by atoms with Gasteiger partial charge in [0.05, 0.1) is 11.5 Å². The van der Waals surface area contributed by atoms with Gasteiger partial charge in [-0.2, -0.15) is 4.68 Å². The molecule has 5 rings (SSSR count). The summed E-state index contributed by atoms with van der Waals surface area (Å²) < 4.78 is 7.40. The molecule has 0 saturated heterocycles. The highest BCUT2D eigenvalue weighted by atomic mass is 32.1. The number of nitro benzene ring substituents is 1. The number of hydrogen-bond donors (Lipinski definition) is 1. The van der Waals surface area contributed by atoms with E-state index in [0.717, 1.165) is 18.9 Å². The third-order valence-electron chi connectivity index (χ3n) is 5.58. The third kappa shape index (κ3) is 3.19. The van der Waals surface area contributed by atoms with Crippen LogP contribution in [0.1, 0.15) is 29.3 Å². The topological polar surface area (TPSA) is 78.5 Å². The van der Waals surface area contributed by atoms with Crippen LogP contribution in [0.5, 0.6) is 0 Å². The predicted molar refractivity (Wildman–Crippen MR) is 107 cm³/mol. The zero-order chi connectivity index (χ0) is 19.3. The summed E-state index contributed by atoms with van der Waals surface area (Å²) in [6, 6.07) is 9.06. The molecule has 2 atom stereocenters. The molecule has 3 heterocycles. The summed E-state index contributed by atoms with van der Waals surface area (Å²) in [5, 5.41) is 17.8. The third-order valence-corrected chi connectivity index (χ3v) is 6.87. The molecule has 1 aromatic carbocycles. The summed E-state index contributed by atoms with van der Waals surface area (Å²) in [7, 11) is 0. The molecular formula is C19H19N4O3S2+. The van der Waals surface area contributed by atoms with Gasteiger partial charge in [-0.1, -0.05) is 6.07 Å². The summed E-state index contributed by atoms with van der Waals surface area (Å²) in [4.78, 5) is 13.9. The van der Waals surface area contributed by atoms with E-state index < -0.39 is 4.92 Å². The van der Waals surface area contributed by atoms with Crippen LogP contribution in [0, 0.1) is 20.9 Å². The molecular weight excluding hydrogens is 396 g/mol. The molecule has 1 unspecified atom stereocenters. The van der Waals surface area contributed by atoms with Crippen LogP contribution in [0.3, 0.4) is 0 Å². The van der Waals surface area contributed by atoms with E-state index in [-0.39, 0.29) is 5.69 Å². The summed E-state index contributed by atoms with van der Waals surface area (Å²) >= 11 is 7.26. The highest BCUT2D eigenvalue weighted by Gasteiger charge is 2.43. The van der Waals surface area contributed by atoms with Crippen molar-refractivity contribution < 1.29 is 14.2 Å². The van der Waals surface area contributed by atoms with Gasteiger partial charge in [0.15, 0.2) is 6.67 Å². The molecule has 1 saturated carbocycles. The molecule has 0 radical (unpaired) electrons. The number of non-ortho nitro benzene ring substituents is 1. The Bertz CT molecular complexity index is 1100. The molecule has 1 fully saturated rings. The van der Waals surface area contributed by atoms with Crippen LogP contribution in [0.2, 0.25) is 0 Å². The lowest BCUT2D eigenvalue weighted by Crippen LogP contribution is -3.13. The van der Waals surface area contributed by atoms with Crippen molar-refractivity contribution in [3.63, 3.8) is 0 Å². The number of nitrogens with zero attached hydrogens (tertiary/aromatic N) is 3. The lowest BCUT2D eigenvalue weighted by Gasteiger charge is -2.32. The molecule has 0 bridgehead atoms. The number of hydrogen-bond acceptors (Lipinski definition) is 6. The molecule has 1 N–H and O–H groups in total. The molecule has 0 spiro atoms. The summed E-state index contributed by atoms with van der Waals surface area (Å²) in [6.45, 7) is 1.70. The molecule has 7 nitrogen and oxygen atoms in total. The van der Waals surface area contributed by atoms with Gasteiger partial charge in [0.25, 0.3) is 10.5 Å². The van der Waals surface area contributed by atoms with Crippen molar-refractivity contribution >= 4 is 29.2 Å². The first-order valence-corrected chi connectivity index (χ1v) is 10.6. The van der Waals surface area contributed by atoms with Gasteiger partial charge in [-0.25, -0.2) is 0 Å². The number of fused-ring (bicyclic) bond motifs is 1. The first-order chi connectivity index (χ1) is 13.6. The Hall–Kier alpha value is -2.36. The van der Waals surface area contributed by atoms with Crippen molar-refractivity contribution in [3.05, 3.63) is 61.1 Å². The number of quaternary nitrogens is 1. The van der Waals surface area contributed by atoms with Gasteiger partial charge < -0.3 is 9.32 Å². The quantitative estimate of drug-likeness (QED) is 0.393. The van der Waals surface area contributed by atoms with Crippen molar-refractivity contribution in [1.82, 2.24) is 9.78 Å². The molecule has 1 aliphatic carbocycles. The maximum atomic E-state index is 11.0. The maximum absolute atomic E-state index is 11.0. The standard InChI is InChI=1S/C19H18N4O3S2/c24-23(25)14-3-1-2-13(10-14)18-20-22(19(27)26-18)11-21-8-6-16-15(7-9-28-16)17(21)12-4-5-12/h1-3,7,9-10,12,17H,4-6,8,11H2/p+1/t17-/m0/s1.